The Hall–Kier alpha value is -3.30. The first-order chi connectivity index (χ1) is 20.1. The summed E-state index contributed by atoms with van der Waals surface area (Å²) < 4.78 is 0. The van der Waals surface area contributed by atoms with Crippen molar-refractivity contribution in [3.8, 4) is 0 Å². The largest absolute Gasteiger partial charge is 0.756 e. The van der Waals surface area contributed by atoms with Gasteiger partial charge in [-0.1, -0.05) is 0 Å². The summed E-state index contributed by atoms with van der Waals surface area (Å²) in [4.78, 5) is 71.7. The Morgan fingerprint density at radius 3 is 0.905 bits per heavy atom. The van der Waals surface area contributed by atoms with E-state index in [9.17, 15) is 44.4 Å². The second-order valence-corrected chi connectivity index (χ2v) is 10.2. The second kappa shape index (κ2) is 22.3. The van der Waals surface area contributed by atoms with Crippen LogP contribution in [-0.4, -0.2) is 89.9 Å². The molecule has 3 N–H and O–H groups in total. The van der Waals surface area contributed by atoms with Gasteiger partial charge in [0.25, 0.3) is 0 Å². The highest BCUT2D eigenvalue weighted by Crippen LogP contribution is 2.05. The number of rotatable bonds is 0. The van der Waals surface area contributed by atoms with Crippen molar-refractivity contribution in [1.82, 2.24) is 31.1 Å². The van der Waals surface area contributed by atoms with Crippen LogP contribution in [0.5, 0.6) is 0 Å². The Kier molecular flexibility index (Phi) is 19.5. The molecule has 1 saturated heterocycles. The van der Waals surface area contributed by atoms with Crippen molar-refractivity contribution in [2.45, 2.75) is 96.3 Å². The van der Waals surface area contributed by atoms with E-state index in [4.69, 9.17) is 0 Å². The molecule has 0 saturated carbocycles. The lowest BCUT2D eigenvalue weighted by molar-refractivity contribution is -0.131. The van der Waals surface area contributed by atoms with Gasteiger partial charge < -0.3 is 46.8 Å². The average molecular weight is 598 g/mol. The highest BCUT2D eigenvalue weighted by molar-refractivity contribution is 5.85. The second-order valence-electron chi connectivity index (χ2n) is 10.2. The smallest absolute Gasteiger partial charge is 0.220 e. The van der Waals surface area contributed by atoms with Crippen LogP contribution >= 0.6 is 0 Å². The van der Waals surface area contributed by atoms with Gasteiger partial charge in [-0.25, -0.2) is 0 Å². The monoisotopic (exact) mass is 597 g/mol. The van der Waals surface area contributed by atoms with Crippen LogP contribution in [0.3, 0.4) is 0 Å². The molecule has 0 aromatic rings. The first-order valence-corrected chi connectivity index (χ1v) is 14.8. The number of hydrogen-bond acceptors (Lipinski definition) is 9. The molecule has 15 heteroatoms. The highest BCUT2D eigenvalue weighted by atomic mass is 16.5. The van der Waals surface area contributed by atoms with Gasteiger partial charge in [0.1, 0.15) is 0 Å². The molecule has 1 fully saturated rings. The third-order valence-corrected chi connectivity index (χ3v) is 6.61. The van der Waals surface area contributed by atoms with Crippen molar-refractivity contribution in [2.75, 3.05) is 39.3 Å². The summed E-state index contributed by atoms with van der Waals surface area (Å²) in [6, 6.07) is 0. The zero-order valence-corrected chi connectivity index (χ0v) is 24.4. The minimum absolute atomic E-state index is 0.0196. The molecule has 0 radical (unpaired) electrons. The van der Waals surface area contributed by atoms with E-state index in [1.165, 1.54) is 0 Å². The van der Waals surface area contributed by atoms with Crippen LogP contribution in [0.25, 0.3) is 0 Å². The van der Waals surface area contributed by atoms with Crippen LogP contribution in [0.4, 0.5) is 0 Å². The normalized spacial score (nSPS) is 21.4. The van der Waals surface area contributed by atoms with Crippen LogP contribution in [-0.2, 0) is 28.8 Å². The third kappa shape index (κ3) is 18.2. The molecular formula is C27H45N6O9-3. The molecule has 0 aromatic heterocycles. The van der Waals surface area contributed by atoms with Crippen LogP contribution < -0.4 is 16.0 Å². The predicted octanol–water partition coefficient (Wildman–Crippen LogP) is 1.18. The molecule has 1 rings (SSSR count). The fourth-order valence-electron chi connectivity index (χ4n) is 4.03. The first kappa shape index (κ1) is 36.7. The molecule has 1 aliphatic heterocycles. The molecule has 0 bridgehead atoms. The molecule has 0 unspecified atom stereocenters. The van der Waals surface area contributed by atoms with E-state index in [1.807, 2.05) is 0 Å². The van der Waals surface area contributed by atoms with Gasteiger partial charge in [0, 0.05) is 77.8 Å². The number of nitrogens with zero attached hydrogens (tertiary/aromatic N) is 3. The van der Waals surface area contributed by atoms with Gasteiger partial charge in [0.2, 0.25) is 35.4 Å². The van der Waals surface area contributed by atoms with Crippen LogP contribution in [0, 0.1) is 15.6 Å². The molecule has 0 aliphatic carbocycles. The zero-order chi connectivity index (χ0) is 31.2. The maximum Gasteiger partial charge on any atom is 0.220 e. The number of carbonyl (C=O) groups excluding carboxylic acids is 6. The molecule has 240 valence electrons. The maximum absolute atomic E-state index is 12.0. The van der Waals surface area contributed by atoms with Crippen molar-refractivity contribution >= 4 is 35.4 Å². The molecule has 0 spiro atoms. The maximum atomic E-state index is 12.0. The molecule has 15 nitrogen and oxygen atoms in total. The van der Waals surface area contributed by atoms with Gasteiger partial charge >= 0.3 is 0 Å². The summed E-state index contributed by atoms with van der Waals surface area (Å²) in [7, 11) is 0. The van der Waals surface area contributed by atoms with E-state index in [-0.39, 0.29) is 75.9 Å². The van der Waals surface area contributed by atoms with E-state index in [2.05, 4.69) is 16.0 Å². The third-order valence-electron chi connectivity index (χ3n) is 6.61. The lowest BCUT2D eigenvalue weighted by Crippen LogP contribution is -2.30. The molecule has 0 atom stereocenters. The minimum Gasteiger partial charge on any atom is -0.756 e. The van der Waals surface area contributed by atoms with Crippen LogP contribution in [0.1, 0.15) is 96.3 Å². The van der Waals surface area contributed by atoms with Gasteiger partial charge in [0.05, 0.1) is 0 Å². The Labute approximate surface area is 246 Å². The Balaban J connectivity index is 2.49. The lowest BCUT2D eigenvalue weighted by atomic mass is 10.2. The van der Waals surface area contributed by atoms with E-state index in [0.29, 0.717) is 92.6 Å². The van der Waals surface area contributed by atoms with E-state index < -0.39 is 17.7 Å². The Morgan fingerprint density at radius 1 is 0.381 bits per heavy atom. The number of nitrogens with one attached hydrogen (secondary N) is 3. The van der Waals surface area contributed by atoms with E-state index in [0.717, 1.165) is 0 Å². The number of amides is 6. The van der Waals surface area contributed by atoms with Gasteiger partial charge in [-0.2, -0.15) is 0 Å². The Morgan fingerprint density at radius 2 is 0.643 bits per heavy atom. The van der Waals surface area contributed by atoms with Crippen molar-refractivity contribution in [1.29, 1.82) is 0 Å². The van der Waals surface area contributed by atoms with Crippen molar-refractivity contribution < 1.29 is 28.8 Å². The average Bonchev–Trinajstić information content (AvgIpc) is 2.97. The summed E-state index contributed by atoms with van der Waals surface area (Å²) in [5.74, 6) is -3.15. The van der Waals surface area contributed by atoms with E-state index in [1.54, 1.807) is 0 Å². The van der Waals surface area contributed by atoms with Gasteiger partial charge in [0.15, 0.2) is 0 Å². The van der Waals surface area contributed by atoms with Crippen LogP contribution in [0.15, 0.2) is 0 Å². The van der Waals surface area contributed by atoms with Gasteiger partial charge in [-0.3, -0.25) is 28.8 Å². The fraction of sp³-hybridized carbons (Fsp3) is 0.778. The first-order valence-electron chi connectivity index (χ1n) is 14.8. The SMILES string of the molecule is O=C1CCC(=O)N([O-])CCCCCNC(=O)CCC(=O)N([O-])CCCCCNC(=O)CCC(=O)N([O-])CCCCCN1. The summed E-state index contributed by atoms with van der Waals surface area (Å²) in [5.41, 5.74) is 0. The van der Waals surface area contributed by atoms with Crippen molar-refractivity contribution in [3.05, 3.63) is 15.6 Å². The number of hydroxylamine groups is 6. The Bertz CT molecular complexity index is 764. The highest BCUT2D eigenvalue weighted by Gasteiger charge is 2.11. The van der Waals surface area contributed by atoms with Crippen molar-refractivity contribution in [3.63, 3.8) is 0 Å². The molecule has 42 heavy (non-hydrogen) atoms. The fourth-order valence-corrected chi connectivity index (χ4v) is 4.03. The van der Waals surface area contributed by atoms with Gasteiger partial charge in [-0.15, -0.1) is 0 Å². The minimum atomic E-state index is -0.685. The molecular weight excluding hydrogens is 552 g/mol. The molecule has 0 aromatic carbocycles. The number of hydrogen-bond donors (Lipinski definition) is 3. The van der Waals surface area contributed by atoms with Gasteiger partial charge in [-0.05, 0) is 57.8 Å². The molecule has 1 aliphatic rings. The molecule has 1 heterocycles. The quantitative estimate of drug-likeness (QED) is 0.364. The summed E-state index contributed by atoms with van der Waals surface area (Å²) in [6.07, 6.45) is 3.77. The summed E-state index contributed by atoms with van der Waals surface area (Å²) in [5, 5.41) is 44.7. The van der Waals surface area contributed by atoms with E-state index >= 15 is 0 Å². The van der Waals surface area contributed by atoms with Crippen LogP contribution in [0.2, 0.25) is 0 Å². The lowest BCUT2D eigenvalue weighted by Gasteiger charge is -2.28. The molecule has 6 amide bonds. The van der Waals surface area contributed by atoms with Crippen molar-refractivity contribution in [2.24, 2.45) is 0 Å². The topological polar surface area (TPSA) is 217 Å². The summed E-state index contributed by atoms with van der Waals surface area (Å²) in [6.45, 7) is 0.951. The zero-order valence-electron chi connectivity index (χ0n) is 24.4. The number of carbonyl (C=O) groups is 6. The summed E-state index contributed by atoms with van der Waals surface area (Å²) >= 11 is 0. The standard InChI is InChI=1S/C27H45N6O9/c34-22-10-14-26(38)32(41)20-8-3-6-18-30-24(36)12-15-27(39)33(42)21-9-2-5-17-29-23(35)11-13-25(37)31(40)19-7-1-4-16-28-22/h1-21H2,(H,28,34)(H,29,35)(H,30,36)/q-3. The predicted molar refractivity (Wildman–Crippen MR) is 154 cm³/mol.